The molecule has 0 aromatic carbocycles. The molecule has 5 heteroatoms. The van der Waals surface area contributed by atoms with E-state index in [2.05, 4.69) is 0 Å². The number of hydrogen-bond donors (Lipinski definition) is 3. The Labute approximate surface area is 91.8 Å². The van der Waals surface area contributed by atoms with Crippen LogP contribution in [0.3, 0.4) is 0 Å². The predicted molar refractivity (Wildman–Crippen MR) is 57.1 cm³/mol. The number of hydrogen-bond acceptors (Lipinski definition) is 5. The van der Waals surface area contributed by atoms with E-state index in [1.165, 1.54) is 0 Å². The quantitative estimate of drug-likeness (QED) is 0.649. The van der Waals surface area contributed by atoms with E-state index in [9.17, 15) is 15.0 Å². The van der Waals surface area contributed by atoms with Crippen LogP contribution in [0.15, 0.2) is 6.07 Å². The van der Waals surface area contributed by atoms with Crippen molar-refractivity contribution in [3.8, 4) is 0 Å². The summed E-state index contributed by atoms with van der Waals surface area (Å²) < 4.78 is 0. The lowest BCUT2D eigenvalue weighted by molar-refractivity contribution is 0.00588. The van der Waals surface area contributed by atoms with Crippen molar-refractivity contribution in [1.29, 1.82) is 0 Å². The summed E-state index contributed by atoms with van der Waals surface area (Å²) in [4.78, 5) is 11.6. The first kappa shape index (κ1) is 12.3. The van der Waals surface area contributed by atoms with E-state index in [4.69, 9.17) is 5.11 Å². The predicted octanol–water partition coefficient (Wildman–Crippen LogP) is 0.646. The van der Waals surface area contributed by atoms with Gasteiger partial charge in [0, 0.05) is 11.5 Å². The number of carbonyl (C=O) groups is 1. The molecular formula is C10H14O4S. The topological polar surface area (TPSA) is 77.8 Å². The Kier molecular flexibility index (Phi) is 4.41. The summed E-state index contributed by atoms with van der Waals surface area (Å²) in [5.41, 5.74) is 0.784. The van der Waals surface area contributed by atoms with Crippen molar-refractivity contribution in [2.75, 3.05) is 6.61 Å². The summed E-state index contributed by atoms with van der Waals surface area (Å²) in [5.74, 6) is 0. The molecule has 0 spiro atoms. The first-order valence-electron chi connectivity index (χ1n) is 4.62. The fourth-order valence-corrected chi connectivity index (χ4v) is 2.37. The second kappa shape index (κ2) is 5.37. The maximum absolute atomic E-state index is 10.5. The highest BCUT2D eigenvalue weighted by Gasteiger charge is 2.21. The molecule has 4 nitrogen and oxygen atoms in total. The highest BCUT2D eigenvalue weighted by molar-refractivity contribution is 7.13. The normalized spacial score (nSPS) is 14.9. The molecule has 0 aliphatic carbocycles. The molecule has 0 amide bonds. The monoisotopic (exact) mass is 230 g/mol. The van der Waals surface area contributed by atoms with Gasteiger partial charge in [-0.15, -0.1) is 11.3 Å². The molecular weight excluding hydrogens is 216 g/mol. The number of rotatable bonds is 5. The van der Waals surface area contributed by atoms with Gasteiger partial charge in [0.05, 0.1) is 11.0 Å². The van der Waals surface area contributed by atoms with Gasteiger partial charge in [-0.3, -0.25) is 4.79 Å². The van der Waals surface area contributed by atoms with Gasteiger partial charge in [-0.1, -0.05) is 0 Å². The van der Waals surface area contributed by atoms with E-state index < -0.39 is 12.2 Å². The van der Waals surface area contributed by atoms with Gasteiger partial charge in [-0.25, -0.2) is 0 Å². The van der Waals surface area contributed by atoms with Gasteiger partial charge >= 0.3 is 0 Å². The molecule has 84 valence electrons. The highest BCUT2D eigenvalue weighted by atomic mass is 32.1. The van der Waals surface area contributed by atoms with E-state index in [0.717, 1.165) is 16.9 Å². The molecule has 1 aromatic heterocycles. The zero-order chi connectivity index (χ0) is 11.4. The second-order valence-corrected chi connectivity index (χ2v) is 4.45. The number of aliphatic hydroxyl groups excluding tert-OH is 3. The van der Waals surface area contributed by atoms with Gasteiger partial charge in [0.2, 0.25) is 0 Å². The molecule has 0 bridgehead atoms. The Bertz CT molecular complexity index is 334. The minimum absolute atomic E-state index is 0.120. The van der Waals surface area contributed by atoms with Crippen molar-refractivity contribution in [3.05, 3.63) is 21.4 Å². The van der Waals surface area contributed by atoms with Crippen LogP contribution in [0, 0.1) is 6.92 Å². The van der Waals surface area contributed by atoms with Crippen LogP contribution < -0.4 is 0 Å². The van der Waals surface area contributed by atoms with Crippen LogP contribution in [0.25, 0.3) is 0 Å². The fourth-order valence-electron chi connectivity index (χ4n) is 1.34. The van der Waals surface area contributed by atoms with Crippen molar-refractivity contribution in [3.63, 3.8) is 0 Å². The Hall–Kier alpha value is -0.750. The van der Waals surface area contributed by atoms with Crippen LogP contribution in [-0.4, -0.2) is 34.3 Å². The number of thiophene rings is 1. The Morgan fingerprint density at radius 2 is 2.20 bits per heavy atom. The summed E-state index contributed by atoms with van der Waals surface area (Å²) >= 11 is 1.16. The molecule has 2 atom stereocenters. The third kappa shape index (κ3) is 2.85. The van der Waals surface area contributed by atoms with E-state index in [0.29, 0.717) is 16.0 Å². The van der Waals surface area contributed by atoms with Crippen molar-refractivity contribution < 1.29 is 20.1 Å². The molecule has 2 unspecified atom stereocenters. The SMILES string of the molecule is Cc1cc(C=O)sc1C(O)C(O)CCO. The summed E-state index contributed by atoms with van der Waals surface area (Å²) in [6.07, 6.45) is -1.19. The summed E-state index contributed by atoms with van der Waals surface area (Å²) in [5, 5.41) is 27.9. The van der Waals surface area contributed by atoms with Gasteiger partial charge in [0.25, 0.3) is 0 Å². The standard InChI is InChI=1S/C10H14O4S/c1-6-4-7(5-12)15-10(6)9(14)8(13)2-3-11/h4-5,8-9,11,13-14H,2-3H2,1H3. The van der Waals surface area contributed by atoms with E-state index in [1.54, 1.807) is 13.0 Å². The van der Waals surface area contributed by atoms with Gasteiger partial charge < -0.3 is 15.3 Å². The van der Waals surface area contributed by atoms with E-state index >= 15 is 0 Å². The Morgan fingerprint density at radius 3 is 2.67 bits per heavy atom. The fraction of sp³-hybridized carbons (Fsp3) is 0.500. The van der Waals surface area contributed by atoms with Gasteiger partial charge in [-0.05, 0) is 25.0 Å². The zero-order valence-corrected chi connectivity index (χ0v) is 9.20. The molecule has 1 aromatic rings. The zero-order valence-electron chi connectivity index (χ0n) is 8.38. The third-order valence-electron chi connectivity index (χ3n) is 2.15. The lowest BCUT2D eigenvalue weighted by Gasteiger charge is -2.16. The first-order chi connectivity index (χ1) is 7.10. The molecule has 1 rings (SSSR count). The van der Waals surface area contributed by atoms with Crippen molar-refractivity contribution in [2.24, 2.45) is 0 Å². The van der Waals surface area contributed by atoms with Crippen LogP contribution in [0.5, 0.6) is 0 Å². The number of aryl methyl sites for hydroxylation is 1. The number of aliphatic hydroxyl groups is 3. The number of aldehydes is 1. The molecule has 0 radical (unpaired) electrons. The molecule has 0 aliphatic rings. The summed E-state index contributed by atoms with van der Waals surface area (Å²) in [6, 6.07) is 1.67. The molecule has 3 N–H and O–H groups in total. The minimum atomic E-state index is -1.03. The van der Waals surface area contributed by atoms with Crippen molar-refractivity contribution in [2.45, 2.75) is 25.6 Å². The van der Waals surface area contributed by atoms with Gasteiger partial charge in [0.15, 0.2) is 6.29 Å². The van der Waals surface area contributed by atoms with Crippen LogP contribution in [0.1, 0.15) is 32.6 Å². The Balaban J connectivity index is 2.84. The van der Waals surface area contributed by atoms with E-state index in [1.807, 2.05) is 0 Å². The summed E-state index contributed by atoms with van der Waals surface area (Å²) in [6.45, 7) is 1.59. The maximum atomic E-state index is 10.5. The maximum Gasteiger partial charge on any atom is 0.160 e. The van der Waals surface area contributed by atoms with E-state index in [-0.39, 0.29) is 13.0 Å². The van der Waals surface area contributed by atoms with Crippen molar-refractivity contribution in [1.82, 2.24) is 0 Å². The molecule has 0 saturated carbocycles. The average molecular weight is 230 g/mol. The second-order valence-electron chi connectivity index (χ2n) is 3.34. The number of carbonyl (C=O) groups excluding carboxylic acids is 1. The van der Waals surface area contributed by atoms with Crippen LogP contribution in [0.2, 0.25) is 0 Å². The molecule has 0 fully saturated rings. The molecule has 1 heterocycles. The Morgan fingerprint density at radius 1 is 1.53 bits per heavy atom. The minimum Gasteiger partial charge on any atom is -0.396 e. The lowest BCUT2D eigenvalue weighted by Crippen LogP contribution is -2.19. The lowest BCUT2D eigenvalue weighted by atomic mass is 10.1. The smallest absolute Gasteiger partial charge is 0.160 e. The molecule has 0 saturated heterocycles. The highest BCUT2D eigenvalue weighted by Crippen LogP contribution is 2.29. The molecule has 15 heavy (non-hydrogen) atoms. The third-order valence-corrected chi connectivity index (χ3v) is 3.38. The van der Waals surface area contributed by atoms with Gasteiger partial charge in [-0.2, -0.15) is 0 Å². The summed E-state index contributed by atoms with van der Waals surface area (Å²) in [7, 11) is 0. The average Bonchev–Trinajstić information content (AvgIpc) is 2.59. The van der Waals surface area contributed by atoms with Crippen molar-refractivity contribution >= 4 is 17.6 Å². The van der Waals surface area contributed by atoms with Crippen LogP contribution >= 0.6 is 11.3 Å². The largest absolute Gasteiger partial charge is 0.396 e. The molecule has 0 aliphatic heterocycles. The van der Waals surface area contributed by atoms with Crippen LogP contribution in [-0.2, 0) is 0 Å². The first-order valence-corrected chi connectivity index (χ1v) is 5.44. The van der Waals surface area contributed by atoms with Crippen LogP contribution in [0.4, 0.5) is 0 Å². The van der Waals surface area contributed by atoms with Gasteiger partial charge in [0.1, 0.15) is 6.10 Å².